The Balaban J connectivity index is 0.000000266. The first kappa shape index (κ1) is 25.2. The van der Waals surface area contributed by atoms with Crippen LogP contribution in [0.4, 0.5) is 0 Å². The molecule has 0 nitrogen and oxygen atoms in total. The zero-order valence-electron chi connectivity index (χ0n) is 20.1. The summed E-state index contributed by atoms with van der Waals surface area (Å²) in [6.07, 6.45) is 23.6. The molecule has 0 N–H and O–H groups in total. The summed E-state index contributed by atoms with van der Waals surface area (Å²) in [6, 6.07) is 0. The molecule has 3 aliphatic rings. The maximum atomic E-state index is 2.33. The number of rotatable bonds is 7. The molecule has 3 rings (SSSR count). The molecule has 0 aromatic rings. The van der Waals surface area contributed by atoms with E-state index in [1.54, 1.807) is 77.0 Å². The van der Waals surface area contributed by atoms with E-state index >= 15 is 0 Å². The van der Waals surface area contributed by atoms with E-state index in [2.05, 4.69) is 27.7 Å². The molecular formula is C26H52AlP. The monoisotopic (exact) mass is 422 g/mol. The summed E-state index contributed by atoms with van der Waals surface area (Å²) < 4.78 is 0. The molecule has 0 aromatic carbocycles. The Bertz CT molecular complexity index is 312. The smallest absolute Gasteiger partial charge is 0.0971 e. The van der Waals surface area contributed by atoms with Crippen LogP contribution in [-0.4, -0.2) is 32.2 Å². The molecule has 28 heavy (non-hydrogen) atoms. The Kier molecular flexibility index (Phi) is 13.4. The van der Waals surface area contributed by atoms with Gasteiger partial charge in [-0.25, -0.2) is 0 Å². The van der Waals surface area contributed by atoms with Crippen LogP contribution in [0, 0.1) is 11.8 Å². The van der Waals surface area contributed by atoms with Crippen molar-refractivity contribution in [1.29, 1.82) is 0 Å². The summed E-state index contributed by atoms with van der Waals surface area (Å²) in [5.41, 5.74) is 3.57. The molecule has 3 fully saturated rings. The lowest BCUT2D eigenvalue weighted by Crippen LogP contribution is -2.28. The highest BCUT2D eigenvalue weighted by atomic mass is 31.1. The third-order valence-corrected chi connectivity index (χ3v) is 14.8. The van der Waals surface area contributed by atoms with Crippen LogP contribution in [0.3, 0.4) is 0 Å². The predicted molar refractivity (Wildman–Crippen MR) is 134 cm³/mol. The van der Waals surface area contributed by atoms with Crippen LogP contribution in [0.5, 0.6) is 0 Å². The van der Waals surface area contributed by atoms with Gasteiger partial charge in [0.1, 0.15) is 0 Å². The Morgan fingerprint density at radius 3 is 1.07 bits per heavy atom. The van der Waals surface area contributed by atoms with Gasteiger partial charge in [-0.3, -0.25) is 0 Å². The van der Waals surface area contributed by atoms with Crippen molar-refractivity contribution >= 4 is 23.1 Å². The summed E-state index contributed by atoms with van der Waals surface area (Å²) in [7, 11) is 0.385. The van der Waals surface area contributed by atoms with Crippen molar-refractivity contribution in [3.05, 3.63) is 0 Å². The molecular weight excluding hydrogens is 370 g/mol. The van der Waals surface area contributed by atoms with E-state index in [0.717, 1.165) is 11.8 Å². The van der Waals surface area contributed by atoms with E-state index in [4.69, 9.17) is 0 Å². The van der Waals surface area contributed by atoms with Crippen molar-refractivity contribution in [2.75, 3.05) is 0 Å². The summed E-state index contributed by atoms with van der Waals surface area (Å²) in [5, 5.41) is 3.08. The van der Waals surface area contributed by atoms with Crippen molar-refractivity contribution in [3.8, 4) is 0 Å². The quantitative estimate of drug-likeness (QED) is 0.283. The maximum absolute atomic E-state index is 2.33. The van der Waals surface area contributed by atoms with Gasteiger partial charge in [0.25, 0.3) is 0 Å². The maximum Gasteiger partial charge on any atom is 0.237 e. The van der Waals surface area contributed by atoms with Crippen LogP contribution < -0.4 is 0 Å². The van der Waals surface area contributed by atoms with E-state index < -0.39 is 0 Å². The lowest BCUT2D eigenvalue weighted by molar-refractivity contribution is 0.460. The Morgan fingerprint density at radius 2 is 0.821 bits per heavy atom. The van der Waals surface area contributed by atoms with Crippen molar-refractivity contribution in [1.82, 2.24) is 0 Å². The highest BCUT2D eigenvalue weighted by Crippen LogP contribution is 2.61. The Labute approximate surface area is 186 Å². The van der Waals surface area contributed by atoms with Crippen LogP contribution in [0.1, 0.15) is 124 Å². The van der Waals surface area contributed by atoms with Crippen LogP contribution in [0.2, 0.25) is 10.6 Å². The van der Waals surface area contributed by atoms with Gasteiger partial charge in [0.05, 0.1) is 0 Å². The minimum atomic E-state index is 0.316. The second-order valence-corrected chi connectivity index (χ2v) is 16.0. The lowest BCUT2D eigenvalue weighted by atomic mass is 9.99. The molecule has 3 saturated carbocycles. The number of hydrogen-bond acceptors (Lipinski definition) is 0. The summed E-state index contributed by atoms with van der Waals surface area (Å²) in [4.78, 5) is 0. The average Bonchev–Trinajstić information content (AvgIpc) is 2.71. The second kappa shape index (κ2) is 14.9. The second-order valence-electron chi connectivity index (χ2n) is 11.0. The van der Waals surface area contributed by atoms with Crippen molar-refractivity contribution in [3.63, 3.8) is 0 Å². The van der Waals surface area contributed by atoms with Crippen LogP contribution in [0.25, 0.3) is 0 Å². The first-order valence-electron chi connectivity index (χ1n) is 13.3. The molecule has 0 aromatic heterocycles. The van der Waals surface area contributed by atoms with Gasteiger partial charge in [-0.15, -0.1) is 0 Å². The van der Waals surface area contributed by atoms with Crippen LogP contribution in [0.15, 0.2) is 0 Å². The first-order valence-corrected chi connectivity index (χ1v) is 16.9. The van der Waals surface area contributed by atoms with Gasteiger partial charge in [-0.1, -0.05) is 116 Å². The summed E-state index contributed by atoms with van der Waals surface area (Å²) in [6.45, 7) is 9.31. The molecule has 0 bridgehead atoms. The zero-order valence-corrected chi connectivity index (χ0v) is 22.4. The van der Waals surface area contributed by atoms with Gasteiger partial charge in [-0.2, -0.15) is 0 Å². The fourth-order valence-electron chi connectivity index (χ4n) is 5.97. The fraction of sp³-hybridized carbons (Fsp3) is 1.00. The fourth-order valence-corrected chi connectivity index (χ4v) is 12.5. The van der Waals surface area contributed by atoms with Gasteiger partial charge in [0.2, 0.25) is 15.2 Å². The van der Waals surface area contributed by atoms with Gasteiger partial charge >= 0.3 is 0 Å². The third-order valence-electron chi connectivity index (χ3n) is 7.55. The minimum Gasteiger partial charge on any atom is -0.0971 e. The third kappa shape index (κ3) is 9.85. The van der Waals surface area contributed by atoms with E-state index in [1.807, 2.05) is 0 Å². The van der Waals surface area contributed by atoms with Gasteiger partial charge in [-0.05, 0) is 55.5 Å². The standard InChI is InChI=1S/C18H33P.2C4H9.Al.H/c1-4-10-16(11-5-1)19(17-12-6-2-7-13-17)18-14-8-3-9-15-18;2*1-4(2)3;;/h16-18H,1-15H2;2*4H,1H2,2-3H3;;. The highest BCUT2D eigenvalue weighted by Gasteiger charge is 2.36. The largest absolute Gasteiger partial charge is 0.237 e. The molecule has 2 heteroatoms. The Morgan fingerprint density at radius 1 is 0.536 bits per heavy atom. The van der Waals surface area contributed by atoms with E-state index in [9.17, 15) is 0 Å². The van der Waals surface area contributed by atoms with E-state index in [-0.39, 0.29) is 0 Å². The van der Waals surface area contributed by atoms with Gasteiger partial charge in [0.15, 0.2) is 0 Å². The molecule has 0 amide bonds. The normalized spacial score (nSPS) is 23.1. The molecule has 0 aliphatic heterocycles. The molecule has 3 aliphatic carbocycles. The van der Waals surface area contributed by atoms with Crippen molar-refractivity contribution < 1.29 is 0 Å². The SMILES string of the molecule is C1CCC(P(C2CCCCC2)C2CCCCC2)CC1.CC(C)[CH2][AlH][CH2]C(C)C. The van der Waals surface area contributed by atoms with E-state index in [1.165, 1.54) is 46.8 Å². The van der Waals surface area contributed by atoms with Crippen LogP contribution in [-0.2, 0) is 0 Å². The highest BCUT2D eigenvalue weighted by molar-refractivity contribution is 7.60. The van der Waals surface area contributed by atoms with Crippen molar-refractivity contribution in [2.24, 2.45) is 11.8 Å². The number of hydrogen-bond donors (Lipinski definition) is 0. The molecule has 0 atom stereocenters. The molecule has 0 spiro atoms. The lowest BCUT2D eigenvalue weighted by Gasteiger charge is -2.44. The average molecular weight is 423 g/mol. The molecule has 0 saturated heterocycles. The Hall–Kier alpha value is 0.962. The predicted octanol–water partition coefficient (Wildman–Crippen LogP) is 9.04. The van der Waals surface area contributed by atoms with Crippen molar-refractivity contribution in [2.45, 2.75) is 152 Å². The van der Waals surface area contributed by atoms with Gasteiger partial charge in [0, 0.05) is 0 Å². The molecule has 0 heterocycles. The first-order chi connectivity index (χ1) is 13.6. The summed E-state index contributed by atoms with van der Waals surface area (Å²) in [5.74, 6) is 1.91. The molecule has 0 radical (unpaired) electrons. The topological polar surface area (TPSA) is 0 Å². The zero-order chi connectivity index (χ0) is 20.2. The molecule has 164 valence electrons. The molecule has 0 unspecified atom stereocenters. The van der Waals surface area contributed by atoms with Gasteiger partial charge < -0.3 is 0 Å². The minimum absolute atomic E-state index is 0.316. The van der Waals surface area contributed by atoms with E-state index in [0.29, 0.717) is 23.1 Å². The van der Waals surface area contributed by atoms with Crippen LogP contribution >= 0.6 is 7.92 Å². The summed E-state index contributed by atoms with van der Waals surface area (Å²) >= 11 is 0.316.